The van der Waals surface area contributed by atoms with Gasteiger partial charge in [0, 0.05) is 20.0 Å². The van der Waals surface area contributed by atoms with E-state index in [1.54, 1.807) is 0 Å². The molecule has 0 aliphatic carbocycles. The molecule has 1 N–H and O–H groups in total. The molecule has 2 aromatic carbocycles. The minimum Gasteiger partial charge on any atom is -0.321 e. The molecule has 0 spiro atoms. The van der Waals surface area contributed by atoms with Gasteiger partial charge in [-0.05, 0) is 61.5 Å². The lowest BCUT2D eigenvalue weighted by atomic mass is 10.3. The van der Waals surface area contributed by atoms with Crippen molar-refractivity contribution in [1.29, 1.82) is 0 Å². The number of halogens is 2. The van der Waals surface area contributed by atoms with Crippen molar-refractivity contribution in [2.75, 3.05) is 5.32 Å². The number of fused-ring (bicyclic) bond motifs is 1. The van der Waals surface area contributed by atoms with E-state index in [1.165, 1.54) is 11.3 Å². The Morgan fingerprint density at radius 1 is 1.04 bits per heavy atom. The van der Waals surface area contributed by atoms with Crippen molar-refractivity contribution in [2.45, 2.75) is 6.92 Å². The standard InChI is InChI=1S/C19H13Br2N3OS/c1-11-16-10-17(18(25)22-14-6-2-12(20)3-7-14)26-19(16)24(23-11)15-8-4-13(21)5-9-15/h2-10H,1H3,(H,22,25). The molecule has 26 heavy (non-hydrogen) atoms. The molecule has 0 fully saturated rings. The maximum absolute atomic E-state index is 12.6. The lowest BCUT2D eigenvalue weighted by Crippen LogP contribution is -2.09. The average Bonchev–Trinajstić information content (AvgIpc) is 3.19. The van der Waals surface area contributed by atoms with Crippen molar-refractivity contribution in [1.82, 2.24) is 9.78 Å². The fourth-order valence-corrected chi connectivity index (χ4v) is 4.25. The normalized spacial score (nSPS) is 11.0. The van der Waals surface area contributed by atoms with Crippen LogP contribution in [0.1, 0.15) is 15.4 Å². The van der Waals surface area contributed by atoms with Crippen LogP contribution in [0.15, 0.2) is 63.5 Å². The van der Waals surface area contributed by atoms with Gasteiger partial charge in [0.05, 0.1) is 16.3 Å². The quantitative estimate of drug-likeness (QED) is 0.373. The zero-order valence-corrected chi connectivity index (χ0v) is 17.7. The highest BCUT2D eigenvalue weighted by molar-refractivity contribution is 9.10. The van der Waals surface area contributed by atoms with Crippen LogP contribution in [-0.4, -0.2) is 15.7 Å². The Bertz CT molecular complexity index is 1100. The van der Waals surface area contributed by atoms with Gasteiger partial charge in [-0.1, -0.05) is 31.9 Å². The van der Waals surface area contributed by atoms with E-state index in [0.29, 0.717) is 4.88 Å². The molecule has 0 radical (unpaired) electrons. The number of nitrogens with one attached hydrogen (secondary N) is 1. The Labute approximate surface area is 171 Å². The van der Waals surface area contributed by atoms with E-state index in [2.05, 4.69) is 42.3 Å². The number of aryl methyl sites for hydroxylation is 1. The largest absolute Gasteiger partial charge is 0.321 e. The van der Waals surface area contributed by atoms with Gasteiger partial charge in [0.1, 0.15) is 4.83 Å². The van der Waals surface area contributed by atoms with Crippen LogP contribution in [0.4, 0.5) is 5.69 Å². The molecule has 4 nitrogen and oxygen atoms in total. The van der Waals surface area contributed by atoms with E-state index in [1.807, 2.05) is 66.2 Å². The number of benzene rings is 2. The number of nitrogens with zero attached hydrogens (tertiary/aromatic N) is 2. The fraction of sp³-hybridized carbons (Fsp3) is 0.0526. The number of aromatic nitrogens is 2. The number of rotatable bonds is 3. The lowest BCUT2D eigenvalue weighted by molar-refractivity contribution is 0.103. The van der Waals surface area contributed by atoms with Gasteiger partial charge < -0.3 is 5.32 Å². The second kappa shape index (κ2) is 6.98. The summed E-state index contributed by atoms with van der Waals surface area (Å²) in [7, 11) is 0. The first kappa shape index (κ1) is 17.5. The predicted octanol–water partition coefficient (Wildman–Crippen LogP) is 6.17. The summed E-state index contributed by atoms with van der Waals surface area (Å²) in [5.74, 6) is -0.115. The predicted molar refractivity (Wildman–Crippen MR) is 113 cm³/mol. The Hall–Kier alpha value is -1.96. The van der Waals surface area contributed by atoms with E-state index in [-0.39, 0.29) is 5.91 Å². The number of thiophene rings is 1. The zero-order valence-electron chi connectivity index (χ0n) is 13.7. The number of carbonyl (C=O) groups excluding carboxylic acids is 1. The highest BCUT2D eigenvalue weighted by Crippen LogP contribution is 2.31. The molecule has 0 saturated carbocycles. The lowest BCUT2D eigenvalue weighted by Gasteiger charge is -2.04. The third-order valence-electron chi connectivity index (χ3n) is 3.94. The van der Waals surface area contributed by atoms with Crippen LogP contribution >= 0.6 is 43.2 Å². The molecule has 0 bridgehead atoms. The summed E-state index contributed by atoms with van der Waals surface area (Å²) >= 11 is 8.28. The van der Waals surface area contributed by atoms with Crippen LogP contribution in [0.3, 0.4) is 0 Å². The monoisotopic (exact) mass is 489 g/mol. The molecule has 4 rings (SSSR count). The van der Waals surface area contributed by atoms with Gasteiger partial charge in [-0.25, -0.2) is 4.68 Å². The topological polar surface area (TPSA) is 46.9 Å². The van der Waals surface area contributed by atoms with Gasteiger partial charge in [-0.2, -0.15) is 5.10 Å². The molecule has 1 amide bonds. The zero-order chi connectivity index (χ0) is 18.3. The van der Waals surface area contributed by atoms with Crippen LogP contribution in [0.5, 0.6) is 0 Å². The summed E-state index contributed by atoms with van der Waals surface area (Å²) in [6.07, 6.45) is 0. The summed E-state index contributed by atoms with van der Waals surface area (Å²) in [5.41, 5.74) is 2.64. The second-order valence-electron chi connectivity index (χ2n) is 5.76. The molecular weight excluding hydrogens is 478 g/mol. The Kier molecular flexibility index (Phi) is 4.69. The first-order valence-corrected chi connectivity index (χ1v) is 10.2. The highest BCUT2D eigenvalue weighted by atomic mass is 79.9. The molecule has 7 heteroatoms. The molecule has 130 valence electrons. The minimum atomic E-state index is -0.115. The first-order chi connectivity index (χ1) is 12.5. The molecule has 0 atom stereocenters. The molecule has 2 heterocycles. The number of hydrogen-bond acceptors (Lipinski definition) is 3. The number of carbonyl (C=O) groups is 1. The van der Waals surface area contributed by atoms with Crippen molar-refractivity contribution >= 4 is 65.0 Å². The van der Waals surface area contributed by atoms with Crippen LogP contribution in [0, 0.1) is 6.92 Å². The Morgan fingerprint density at radius 3 is 2.31 bits per heavy atom. The van der Waals surface area contributed by atoms with E-state index in [9.17, 15) is 4.79 Å². The molecular formula is C19H13Br2N3OS. The fourth-order valence-electron chi connectivity index (χ4n) is 2.64. The van der Waals surface area contributed by atoms with Gasteiger partial charge in [0.2, 0.25) is 0 Å². The second-order valence-corrected chi connectivity index (χ2v) is 8.63. The maximum Gasteiger partial charge on any atom is 0.265 e. The van der Waals surface area contributed by atoms with Crippen LogP contribution in [0.2, 0.25) is 0 Å². The van der Waals surface area contributed by atoms with Crippen LogP contribution in [0.25, 0.3) is 15.9 Å². The van der Waals surface area contributed by atoms with Gasteiger partial charge in [0.15, 0.2) is 0 Å². The minimum absolute atomic E-state index is 0.115. The van der Waals surface area contributed by atoms with Crippen LogP contribution in [-0.2, 0) is 0 Å². The third-order valence-corrected chi connectivity index (χ3v) is 6.11. The molecule has 2 aromatic heterocycles. The summed E-state index contributed by atoms with van der Waals surface area (Å²) in [6, 6.07) is 17.4. The summed E-state index contributed by atoms with van der Waals surface area (Å²) < 4.78 is 3.88. The highest BCUT2D eigenvalue weighted by Gasteiger charge is 2.17. The number of amides is 1. The SMILES string of the molecule is Cc1nn(-c2ccc(Br)cc2)c2sc(C(=O)Nc3ccc(Br)cc3)cc12. The Morgan fingerprint density at radius 2 is 1.65 bits per heavy atom. The van der Waals surface area contributed by atoms with Crippen LogP contribution < -0.4 is 5.32 Å². The van der Waals surface area contributed by atoms with Gasteiger partial charge >= 0.3 is 0 Å². The first-order valence-electron chi connectivity index (χ1n) is 7.83. The van der Waals surface area contributed by atoms with Crippen molar-refractivity contribution in [3.8, 4) is 5.69 Å². The molecule has 0 saturated heterocycles. The van der Waals surface area contributed by atoms with E-state index < -0.39 is 0 Å². The van der Waals surface area contributed by atoms with E-state index >= 15 is 0 Å². The van der Waals surface area contributed by atoms with Gasteiger partial charge in [-0.3, -0.25) is 4.79 Å². The van der Waals surface area contributed by atoms with Crippen molar-refractivity contribution in [3.05, 3.63) is 74.1 Å². The van der Waals surface area contributed by atoms with E-state index in [4.69, 9.17) is 0 Å². The van der Waals surface area contributed by atoms with Crippen molar-refractivity contribution in [2.24, 2.45) is 0 Å². The smallest absolute Gasteiger partial charge is 0.265 e. The molecule has 0 aliphatic rings. The molecule has 0 aliphatic heterocycles. The van der Waals surface area contributed by atoms with Gasteiger partial charge in [0.25, 0.3) is 5.91 Å². The van der Waals surface area contributed by atoms with Crippen molar-refractivity contribution < 1.29 is 4.79 Å². The number of anilines is 1. The Balaban J connectivity index is 1.69. The van der Waals surface area contributed by atoms with E-state index in [0.717, 1.165) is 36.2 Å². The molecule has 0 unspecified atom stereocenters. The molecule has 4 aromatic rings. The summed E-state index contributed by atoms with van der Waals surface area (Å²) in [6.45, 7) is 1.96. The summed E-state index contributed by atoms with van der Waals surface area (Å²) in [4.78, 5) is 14.2. The average molecular weight is 491 g/mol. The number of hydrogen-bond donors (Lipinski definition) is 1. The van der Waals surface area contributed by atoms with Gasteiger partial charge in [-0.15, -0.1) is 11.3 Å². The maximum atomic E-state index is 12.6. The summed E-state index contributed by atoms with van der Waals surface area (Å²) in [5, 5.41) is 8.55. The third kappa shape index (κ3) is 3.34. The van der Waals surface area contributed by atoms with Crippen molar-refractivity contribution in [3.63, 3.8) is 0 Å².